The second-order valence-corrected chi connectivity index (χ2v) is 8.52. The van der Waals surface area contributed by atoms with Gasteiger partial charge in [0.1, 0.15) is 6.04 Å². The van der Waals surface area contributed by atoms with Gasteiger partial charge in [-0.2, -0.15) is 0 Å². The van der Waals surface area contributed by atoms with E-state index in [-0.39, 0.29) is 11.5 Å². The van der Waals surface area contributed by atoms with Gasteiger partial charge < -0.3 is 4.48 Å². The van der Waals surface area contributed by atoms with E-state index in [1.807, 2.05) is 0 Å². The van der Waals surface area contributed by atoms with Crippen molar-refractivity contribution in [1.82, 2.24) is 0 Å². The predicted molar refractivity (Wildman–Crippen MR) is 88.6 cm³/mol. The minimum atomic E-state index is -0.179. The van der Waals surface area contributed by atoms with Crippen LogP contribution in [0.25, 0.3) is 0 Å². The number of carbonyl (C=O) groups excluding carboxylic acids is 1. The summed E-state index contributed by atoms with van der Waals surface area (Å²) in [6.45, 7) is 3.26. The van der Waals surface area contributed by atoms with Crippen LogP contribution in [0.1, 0.15) is 50.3 Å². The maximum Gasteiger partial charge on any atom is 0.201 e. The summed E-state index contributed by atoms with van der Waals surface area (Å²) in [4.78, 5) is 14.8. The average molecular weight is 306 g/mol. The highest BCUT2D eigenvalue weighted by atomic mass is 32.1. The maximum atomic E-state index is 13.5. The van der Waals surface area contributed by atoms with Crippen LogP contribution in [0.5, 0.6) is 0 Å². The lowest BCUT2D eigenvalue weighted by atomic mass is 9.60. The van der Waals surface area contributed by atoms with Crippen molar-refractivity contribution in [3.05, 3.63) is 22.4 Å². The lowest BCUT2D eigenvalue weighted by Crippen LogP contribution is -2.64. The van der Waals surface area contributed by atoms with Crippen molar-refractivity contribution in [1.29, 1.82) is 0 Å². The molecule has 0 radical (unpaired) electrons. The molecule has 3 rings (SSSR count). The van der Waals surface area contributed by atoms with Gasteiger partial charge in [0, 0.05) is 11.3 Å². The fraction of sp³-hybridized carbons (Fsp3) is 0.722. The van der Waals surface area contributed by atoms with Gasteiger partial charge in [-0.15, -0.1) is 11.3 Å². The molecule has 0 N–H and O–H groups in total. The summed E-state index contributed by atoms with van der Waals surface area (Å²) < 4.78 is 0.846. The van der Waals surface area contributed by atoms with Crippen LogP contribution in [0.4, 0.5) is 0 Å². The molecule has 0 amide bonds. The lowest BCUT2D eigenvalue weighted by Gasteiger charge is -2.50. The van der Waals surface area contributed by atoms with Gasteiger partial charge in [-0.05, 0) is 37.1 Å². The molecule has 1 saturated carbocycles. The third-order valence-electron chi connectivity index (χ3n) is 6.21. The second-order valence-electron chi connectivity index (χ2n) is 7.58. The molecule has 2 heterocycles. The Morgan fingerprint density at radius 1 is 1.24 bits per heavy atom. The Labute approximate surface area is 132 Å². The summed E-state index contributed by atoms with van der Waals surface area (Å²) in [7, 11) is 4.42. The Morgan fingerprint density at radius 3 is 2.57 bits per heavy atom. The Bertz CT molecular complexity index is 501. The molecule has 0 aromatic carbocycles. The van der Waals surface area contributed by atoms with Crippen molar-refractivity contribution in [2.45, 2.75) is 56.9 Å². The molecule has 0 spiro atoms. The molecule has 2 aliphatic rings. The summed E-state index contributed by atoms with van der Waals surface area (Å²) in [5, 5.41) is 2.15. The van der Waals surface area contributed by atoms with E-state index in [4.69, 9.17) is 0 Å². The quantitative estimate of drug-likeness (QED) is 0.755. The molecule has 2 nitrogen and oxygen atoms in total. The lowest BCUT2D eigenvalue weighted by molar-refractivity contribution is -0.907. The molecule has 1 saturated heterocycles. The van der Waals surface area contributed by atoms with Crippen molar-refractivity contribution in [2.75, 3.05) is 20.6 Å². The molecule has 21 heavy (non-hydrogen) atoms. The van der Waals surface area contributed by atoms with E-state index >= 15 is 0 Å². The van der Waals surface area contributed by atoms with E-state index in [2.05, 4.69) is 38.5 Å². The summed E-state index contributed by atoms with van der Waals surface area (Å²) >= 11 is 1.80. The zero-order chi connectivity index (χ0) is 15.1. The van der Waals surface area contributed by atoms with Crippen LogP contribution in [-0.4, -0.2) is 36.9 Å². The topological polar surface area (TPSA) is 17.1 Å². The highest BCUT2D eigenvalue weighted by Crippen LogP contribution is 2.49. The average Bonchev–Trinajstić information content (AvgIpc) is 3.01. The van der Waals surface area contributed by atoms with Crippen LogP contribution in [0.15, 0.2) is 17.5 Å². The fourth-order valence-electron chi connectivity index (χ4n) is 4.45. The van der Waals surface area contributed by atoms with Crippen molar-refractivity contribution in [3.8, 4) is 0 Å². The van der Waals surface area contributed by atoms with Gasteiger partial charge in [0.05, 0.1) is 26.1 Å². The van der Waals surface area contributed by atoms with Gasteiger partial charge in [0.15, 0.2) is 0 Å². The predicted octanol–water partition coefficient (Wildman–Crippen LogP) is 4.00. The number of thiophene rings is 1. The summed E-state index contributed by atoms with van der Waals surface area (Å²) in [5.41, 5.74) is -0.179. The zero-order valence-electron chi connectivity index (χ0n) is 13.6. The number of rotatable bonds is 2. The van der Waals surface area contributed by atoms with E-state index < -0.39 is 0 Å². The van der Waals surface area contributed by atoms with Crippen LogP contribution in [0.2, 0.25) is 0 Å². The van der Waals surface area contributed by atoms with Crippen LogP contribution in [0, 0.1) is 5.92 Å². The van der Waals surface area contributed by atoms with Crippen molar-refractivity contribution >= 4 is 17.1 Å². The molecule has 1 aliphatic heterocycles. The summed E-state index contributed by atoms with van der Waals surface area (Å²) in [6, 6.07) is 4.45. The molecule has 3 heteroatoms. The molecule has 2 unspecified atom stereocenters. The van der Waals surface area contributed by atoms with Gasteiger partial charge >= 0.3 is 0 Å². The molecule has 1 aliphatic carbocycles. The minimum Gasteiger partial charge on any atom is -0.320 e. The number of piperidine rings is 1. The Morgan fingerprint density at radius 2 is 1.95 bits per heavy atom. The van der Waals surface area contributed by atoms with E-state index in [0.717, 1.165) is 17.4 Å². The molecule has 1 aromatic rings. The summed E-state index contributed by atoms with van der Waals surface area (Å²) in [6.07, 6.45) is 7.47. The third-order valence-corrected chi connectivity index (χ3v) is 7.26. The molecule has 1 aromatic heterocycles. The monoisotopic (exact) mass is 306 g/mol. The van der Waals surface area contributed by atoms with Crippen molar-refractivity contribution in [2.24, 2.45) is 5.92 Å². The number of quaternary nitrogens is 1. The molecule has 0 bridgehead atoms. The number of likely N-dealkylation sites (N-methyl/N-ethyl adjacent to an activating group) is 1. The first kappa shape index (κ1) is 15.2. The summed E-state index contributed by atoms with van der Waals surface area (Å²) in [5.74, 6) is 1.08. The number of nitrogens with zero attached hydrogens (tertiary/aromatic N) is 1. The van der Waals surface area contributed by atoms with Gasteiger partial charge in [0.25, 0.3) is 0 Å². The Hall–Kier alpha value is -0.670. The minimum absolute atomic E-state index is 0.114. The van der Waals surface area contributed by atoms with Gasteiger partial charge in [-0.25, -0.2) is 0 Å². The van der Waals surface area contributed by atoms with Crippen molar-refractivity contribution < 1.29 is 9.28 Å². The molecular weight excluding hydrogens is 278 g/mol. The highest BCUT2D eigenvalue weighted by Gasteiger charge is 2.56. The first-order chi connectivity index (χ1) is 9.98. The largest absolute Gasteiger partial charge is 0.320 e. The van der Waals surface area contributed by atoms with Gasteiger partial charge in [-0.1, -0.05) is 25.3 Å². The first-order valence-corrected chi connectivity index (χ1v) is 9.27. The Balaban J connectivity index is 2.03. The van der Waals surface area contributed by atoms with E-state index in [9.17, 15) is 4.79 Å². The van der Waals surface area contributed by atoms with Crippen molar-refractivity contribution in [3.63, 3.8) is 0 Å². The smallest absolute Gasteiger partial charge is 0.201 e. The Kier molecular flexibility index (Phi) is 4.00. The number of hydrogen-bond donors (Lipinski definition) is 0. The highest BCUT2D eigenvalue weighted by molar-refractivity contribution is 7.10. The van der Waals surface area contributed by atoms with Gasteiger partial charge in [-0.3, -0.25) is 4.79 Å². The van der Waals surface area contributed by atoms with Gasteiger partial charge in [0.2, 0.25) is 5.78 Å². The zero-order valence-corrected chi connectivity index (χ0v) is 14.4. The number of hydrogen-bond acceptors (Lipinski definition) is 2. The van der Waals surface area contributed by atoms with E-state index in [1.54, 1.807) is 11.3 Å². The molecular formula is C18H28NOS+. The van der Waals surface area contributed by atoms with Crippen LogP contribution < -0.4 is 0 Å². The first-order valence-electron chi connectivity index (χ1n) is 8.39. The third kappa shape index (κ3) is 2.39. The fourth-order valence-corrected chi connectivity index (χ4v) is 5.49. The van der Waals surface area contributed by atoms with Crippen LogP contribution in [-0.2, 0) is 10.2 Å². The normalized spacial score (nSPS) is 34.0. The number of Topliss-reactive ketones (excluding diaryl/α,β-unsaturated/α-hetero) is 1. The van der Waals surface area contributed by atoms with Crippen LogP contribution >= 0.6 is 11.3 Å². The van der Waals surface area contributed by atoms with Crippen LogP contribution in [0.3, 0.4) is 0 Å². The van der Waals surface area contributed by atoms with E-state index in [1.165, 1.54) is 37.0 Å². The second kappa shape index (κ2) is 5.51. The molecule has 2 fully saturated rings. The number of carbonyl (C=O) groups is 1. The standard InChI is InChI=1S/C18H28NOS/c1-14-17(20)18(11-12-19(14,2)3,16-10-7-13-21-16)15-8-5-4-6-9-15/h7,10,13-15H,4-6,8-9,11-12H2,1-3H3/q+1. The SMILES string of the molecule is CC1C(=O)C(c2cccs2)(C2CCCCC2)CC[N+]1(C)C. The van der Waals surface area contributed by atoms with E-state index in [0.29, 0.717) is 11.7 Å². The molecule has 2 atom stereocenters. The number of ketones is 1. The number of likely N-dealkylation sites (tertiary alicyclic amines) is 1. The maximum absolute atomic E-state index is 13.5. The molecule has 116 valence electrons.